The van der Waals surface area contributed by atoms with Gasteiger partial charge in [-0.25, -0.2) is 0 Å². The van der Waals surface area contributed by atoms with Crippen molar-refractivity contribution in [1.82, 2.24) is 4.98 Å². The van der Waals surface area contributed by atoms with Crippen LogP contribution in [0.5, 0.6) is 5.75 Å². The Labute approximate surface area is 139 Å². The second-order valence-electron chi connectivity index (χ2n) is 5.49. The fourth-order valence-electron chi connectivity index (χ4n) is 2.64. The van der Waals surface area contributed by atoms with Crippen LogP contribution in [0, 0.1) is 6.92 Å². The topological polar surface area (TPSA) is 71.5 Å². The molecule has 24 heavy (non-hydrogen) atoms. The summed E-state index contributed by atoms with van der Waals surface area (Å²) in [5.41, 5.74) is 4.07. The van der Waals surface area contributed by atoms with Crippen LogP contribution in [0.15, 0.2) is 48.5 Å². The van der Waals surface area contributed by atoms with Crippen LogP contribution in [0.3, 0.4) is 0 Å². The van der Waals surface area contributed by atoms with Crippen LogP contribution >= 0.6 is 0 Å². The van der Waals surface area contributed by atoms with Crippen LogP contribution < -0.4 is 5.32 Å². The first kappa shape index (κ1) is 15.8. The average Bonchev–Trinajstić information content (AvgIpc) is 2.59. The summed E-state index contributed by atoms with van der Waals surface area (Å²) in [7, 11) is 1.37. The molecule has 0 aliphatic rings. The molecule has 3 rings (SSSR count). The Morgan fingerprint density at radius 1 is 1.17 bits per heavy atom. The number of aromatic hydroxyl groups is 1. The predicted molar refractivity (Wildman–Crippen MR) is 93.6 cm³/mol. The van der Waals surface area contributed by atoms with Crippen molar-refractivity contribution in [2.75, 3.05) is 12.4 Å². The summed E-state index contributed by atoms with van der Waals surface area (Å²) < 4.78 is 4.81. The molecule has 2 N–H and O–H groups in total. The zero-order valence-corrected chi connectivity index (χ0v) is 13.5. The quantitative estimate of drug-likeness (QED) is 0.566. The number of carbonyl (C=O) groups excluding carboxylic acids is 1. The molecule has 122 valence electrons. The molecule has 0 atom stereocenters. The third kappa shape index (κ3) is 3.15. The van der Waals surface area contributed by atoms with E-state index in [1.165, 1.54) is 7.11 Å². The smallest absolute Gasteiger partial charge is 0.310 e. The lowest BCUT2D eigenvalue weighted by Gasteiger charge is -2.17. The molecule has 5 heteroatoms. The molecule has 0 aliphatic carbocycles. The number of phenols is 1. The number of nitrogens with zero attached hydrogens (tertiary/aromatic N) is 1. The highest BCUT2D eigenvalue weighted by atomic mass is 16.5. The lowest BCUT2D eigenvalue weighted by molar-refractivity contribution is -0.139. The van der Waals surface area contributed by atoms with E-state index in [0.29, 0.717) is 0 Å². The number of phenolic OH excluding ortho intramolecular Hbond substituents is 1. The molecule has 1 aromatic heterocycles. The molecule has 0 bridgehead atoms. The van der Waals surface area contributed by atoms with Crippen molar-refractivity contribution in [2.24, 2.45) is 0 Å². The maximum absolute atomic E-state index is 11.8. The second kappa shape index (κ2) is 6.58. The molecule has 3 aromatic rings. The van der Waals surface area contributed by atoms with E-state index >= 15 is 0 Å². The Balaban J connectivity index is 2.15. The first-order valence-corrected chi connectivity index (χ1v) is 7.59. The van der Waals surface area contributed by atoms with Gasteiger partial charge in [-0.1, -0.05) is 18.2 Å². The highest BCUT2D eigenvalue weighted by Gasteiger charge is 2.16. The number of rotatable bonds is 4. The van der Waals surface area contributed by atoms with Crippen molar-refractivity contribution in [1.29, 1.82) is 0 Å². The molecule has 0 aliphatic heterocycles. The number of aromatic nitrogens is 1. The number of para-hydroxylation sites is 1. The van der Waals surface area contributed by atoms with E-state index in [1.54, 1.807) is 24.3 Å². The number of anilines is 2. The van der Waals surface area contributed by atoms with Gasteiger partial charge in [-0.15, -0.1) is 0 Å². The summed E-state index contributed by atoms with van der Waals surface area (Å²) in [5, 5.41) is 13.7. The third-order valence-electron chi connectivity index (χ3n) is 3.89. The van der Waals surface area contributed by atoms with Gasteiger partial charge in [0.25, 0.3) is 0 Å². The summed E-state index contributed by atoms with van der Waals surface area (Å²) in [5.74, 6) is -0.116. The summed E-state index contributed by atoms with van der Waals surface area (Å²) in [6.07, 6.45) is 0.139. The van der Waals surface area contributed by atoms with Crippen LogP contribution in [0.1, 0.15) is 11.3 Å². The number of aryl methyl sites for hydroxylation is 1. The van der Waals surface area contributed by atoms with E-state index in [4.69, 9.17) is 4.74 Å². The number of ether oxygens (including phenoxy) is 1. The molecular formula is C19H18N2O3. The number of hydrogen-bond donors (Lipinski definition) is 2. The van der Waals surface area contributed by atoms with Gasteiger partial charge in [0.05, 0.1) is 24.7 Å². The molecule has 5 nitrogen and oxygen atoms in total. The lowest BCUT2D eigenvalue weighted by Crippen LogP contribution is -2.10. The Morgan fingerprint density at radius 3 is 2.58 bits per heavy atom. The number of benzene rings is 2. The molecule has 0 saturated heterocycles. The number of esters is 1. The van der Waals surface area contributed by atoms with Crippen molar-refractivity contribution in [2.45, 2.75) is 13.3 Å². The lowest BCUT2D eigenvalue weighted by atomic mass is 10.0. The first-order chi connectivity index (χ1) is 11.6. The summed E-state index contributed by atoms with van der Waals surface area (Å²) in [6, 6.07) is 14.5. The number of carbonyl (C=O) groups is 1. The molecule has 0 radical (unpaired) electrons. The molecule has 2 aromatic carbocycles. The zero-order valence-electron chi connectivity index (χ0n) is 13.5. The van der Waals surface area contributed by atoms with Gasteiger partial charge in [0.2, 0.25) is 0 Å². The normalized spacial score (nSPS) is 10.6. The van der Waals surface area contributed by atoms with Crippen LogP contribution in [0.25, 0.3) is 10.9 Å². The number of hydrogen-bond acceptors (Lipinski definition) is 5. The van der Waals surface area contributed by atoms with E-state index in [0.717, 1.165) is 33.5 Å². The van der Waals surface area contributed by atoms with Crippen LogP contribution in [0.4, 0.5) is 11.4 Å². The molecular weight excluding hydrogens is 304 g/mol. The Hall–Kier alpha value is -3.08. The maximum Gasteiger partial charge on any atom is 0.310 e. The summed E-state index contributed by atoms with van der Waals surface area (Å²) in [4.78, 5) is 16.4. The van der Waals surface area contributed by atoms with Gasteiger partial charge in [-0.2, -0.15) is 0 Å². The van der Waals surface area contributed by atoms with Crippen LogP contribution in [-0.2, 0) is 16.0 Å². The fraction of sp³-hybridized carbons (Fsp3) is 0.158. The Bertz CT molecular complexity index is 889. The van der Waals surface area contributed by atoms with Crippen molar-refractivity contribution >= 4 is 28.2 Å². The first-order valence-electron chi connectivity index (χ1n) is 7.59. The van der Waals surface area contributed by atoms with E-state index < -0.39 is 0 Å². The average molecular weight is 322 g/mol. The fourth-order valence-corrected chi connectivity index (χ4v) is 2.64. The minimum Gasteiger partial charge on any atom is -0.508 e. The van der Waals surface area contributed by atoms with Gasteiger partial charge in [0, 0.05) is 22.3 Å². The van der Waals surface area contributed by atoms with Gasteiger partial charge in [0.1, 0.15) is 5.75 Å². The standard InChI is InChI=1S/C19H18N2O3/c1-12-16(11-18(23)24-2)19(15-5-3-4-6-17(15)20-12)21-13-7-9-14(22)10-8-13/h3-10,22H,11H2,1-2H3,(H,20,21). The van der Waals surface area contributed by atoms with Crippen molar-refractivity contribution in [3.63, 3.8) is 0 Å². The molecule has 0 fully saturated rings. The SMILES string of the molecule is COC(=O)Cc1c(C)nc2ccccc2c1Nc1ccc(O)cc1. The van der Waals surface area contributed by atoms with Gasteiger partial charge in [-0.05, 0) is 37.3 Å². The highest BCUT2D eigenvalue weighted by Crippen LogP contribution is 2.32. The number of pyridine rings is 1. The van der Waals surface area contributed by atoms with Gasteiger partial charge < -0.3 is 15.2 Å². The number of fused-ring (bicyclic) bond motifs is 1. The molecule has 0 amide bonds. The minimum atomic E-state index is -0.316. The van der Waals surface area contributed by atoms with Gasteiger partial charge in [-0.3, -0.25) is 9.78 Å². The molecule has 0 saturated carbocycles. The third-order valence-corrected chi connectivity index (χ3v) is 3.89. The Morgan fingerprint density at radius 2 is 1.88 bits per heavy atom. The van der Waals surface area contributed by atoms with E-state index in [9.17, 15) is 9.90 Å². The largest absolute Gasteiger partial charge is 0.508 e. The predicted octanol–water partition coefficient (Wildman–Crippen LogP) is 3.71. The molecule has 0 spiro atoms. The minimum absolute atomic E-state index is 0.139. The summed E-state index contributed by atoms with van der Waals surface area (Å²) >= 11 is 0. The van der Waals surface area contributed by atoms with Crippen LogP contribution in [-0.4, -0.2) is 23.2 Å². The monoisotopic (exact) mass is 322 g/mol. The van der Waals surface area contributed by atoms with Crippen molar-refractivity contribution in [3.8, 4) is 5.75 Å². The van der Waals surface area contributed by atoms with E-state index in [1.807, 2.05) is 31.2 Å². The second-order valence-corrected chi connectivity index (χ2v) is 5.49. The number of nitrogens with one attached hydrogen (secondary N) is 1. The summed E-state index contributed by atoms with van der Waals surface area (Å²) in [6.45, 7) is 1.88. The molecule has 0 unspecified atom stereocenters. The number of methoxy groups -OCH3 is 1. The van der Waals surface area contributed by atoms with E-state index in [2.05, 4.69) is 10.3 Å². The van der Waals surface area contributed by atoms with E-state index in [-0.39, 0.29) is 18.1 Å². The van der Waals surface area contributed by atoms with Gasteiger partial charge >= 0.3 is 5.97 Å². The zero-order chi connectivity index (χ0) is 17.1. The maximum atomic E-state index is 11.8. The Kier molecular flexibility index (Phi) is 4.33. The van der Waals surface area contributed by atoms with Crippen molar-refractivity contribution < 1.29 is 14.6 Å². The van der Waals surface area contributed by atoms with Gasteiger partial charge in [0.15, 0.2) is 0 Å². The molecule has 1 heterocycles. The van der Waals surface area contributed by atoms with Crippen LogP contribution in [0.2, 0.25) is 0 Å². The van der Waals surface area contributed by atoms with Crippen molar-refractivity contribution in [3.05, 3.63) is 59.8 Å². The highest BCUT2D eigenvalue weighted by molar-refractivity contribution is 5.96.